The number of hydrogen-bond acceptors (Lipinski definition) is 4. The molecule has 4 rings (SSSR count). The molecule has 1 saturated heterocycles. The van der Waals surface area contributed by atoms with Crippen LogP contribution in [0.2, 0.25) is 0 Å². The lowest BCUT2D eigenvalue weighted by molar-refractivity contribution is -0.157. The van der Waals surface area contributed by atoms with Crippen molar-refractivity contribution in [1.29, 1.82) is 0 Å². The maximum atomic E-state index is 12.6. The van der Waals surface area contributed by atoms with Crippen LogP contribution in [0, 0.1) is 0 Å². The summed E-state index contributed by atoms with van der Waals surface area (Å²) in [5, 5.41) is 9.14. The second-order valence-corrected chi connectivity index (χ2v) is 6.97. The van der Waals surface area contributed by atoms with Gasteiger partial charge in [-0.05, 0) is 29.2 Å². The summed E-state index contributed by atoms with van der Waals surface area (Å²) in [5.74, 6) is -1.09. The molecule has 0 aromatic heterocycles. The van der Waals surface area contributed by atoms with Crippen LogP contribution in [-0.4, -0.2) is 54.0 Å². The van der Waals surface area contributed by atoms with Crippen LogP contribution in [0.25, 0.3) is 11.1 Å². The first-order valence-corrected chi connectivity index (χ1v) is 9.02. The summed E-state index contributed by atoms with van der Waals surface area (Å²) < 4.78 is 10.9. The number of nitrogens with zero attached hydrogens (tertiary/aromatic N) is 1. The van der Waals surface area contributed by atoms with Crippen molar-refractivity contribution in [3.63, 3.8) is 0 Å². The molecule has 2 atom stereocenters. The highest BCUT2D eigenvalue weighted by molar-refractivity contribution is 5.79. The fourth-order valence-corrected chi connectivity index (χ4v) is 3.84. The third-order valence-corrected chi connectivity index (χ3v) is 5.28. The van der Waals surface area contributed by atoms with E-state index in [0.29, 0.717) is 0 Å². The molecule has 0 spiro atoms. The average molecular weight is 367 g/mol. The first kappa shape index (κ1) is 17.5. The Morgan fingerprint density at radius 2 is 1.70 bits per heavy atom. The number of carboxylic acids is 1. The molecule has 0 saturated carbocycles. The second kappa shape index (κ2) is 7.04. The van der Waals surface area contributed by atoms with Crippen molar-refractivity contribution in [1.82, 2.24) is 4.90 Å². The van der Waals surface area contributed by atoms with Crippen molar-refractivity contribution in [2.24, 2.45) is 0 Å². The van der Waals surface area contributed by atoms with Crippen LogP contribution < -0.4 is 0 Å². The van der Waals surface area contributed by atoms with Gasteiger partial charge in [0.25, 0.3) is 0 Å². The van der Waals surface area contributed by atoms with Crippen molar-refractivity contribution in [2.75, 3.05) is 19.8 Å². The number of carbonyl (C=O) groups excluding carboxylic acids is 1. The number of carbonyl (C=O) groups is 2. The first-order chi connectivity index (χ1) is 13.1. The largest absolute Gasteiger partial charge is 0.479 e. The molecule has 1 aliphatic carbocycles. The van der Waals surface area contributed by atoms with Gasteiger partial charge in [-0.1, -0.05) is 48.5 Å². The van der Waals surface area contributed by atoms with E-state index in [1.54, 1.807) is 0 Å². The minimum atomic E-state index is -1.07. The summed E-state index contributed by atoms with van der Waals surface area (Å²) in [6, 6.07) is 16.0. The number of aliphatic carboxylic acids is 1. The quantitative estimate of drug-likeness (QED) is 0.902. The predicted octanol–water partition coefficient (Wildman–Crippen LogP) is 3.11. The van der Waals surface area contributed by atoms with Gasteiger partial charge >= 0.3 is 12.1 Å². The van der Waals surface area contributed by atoms with Gasteiger partial charge < -0.3 is 14.6 Å². The molecule has 1 heterocycles. The molecule has 2 aliphatic rings. The number of carboxylic acid groups (broad SMARTS) is 1. The molecule has 27 heavy (non-hydrogen) atoms. The van der Waals surface area contributed by atoms with Gasteiger partial charge in [-0.15, -0.1) is 0 Å². The maximum absolute atomic E-state index is 12.6. The van der Waals surface area contributed by atoms with Crippen LogP contribution in [0.1, 0.15) is 24.0 Å². The van der Waals surface area contributed by atoms with Crippen LogP contribution in [-0.2, 0) is 14.3 Å². The third kappa shape index (κ3) is 3.17. The Morgan fingerprint density at radius 1 is 1.11 bits per heavy atom. The van der Waals surface area contributed by atoms with Gasteiger partial charge in [0, 0.05) is 5.92 Å². The Morgan fingerprint density at radius 3 is 2.30 bits per heavy atom. The van der Waals surface area contributed by atoms with Crippen LogP contribution in [0.15, 0.2) is 48.5 Å². The molecule has 1 aliphatic heterocycles. The SMILES string of the molecule is C[C@H]1CO[C@H](C(=O)O)CN1C(=O)OCC1c2ccccc2-c2ccccc21. The molecular weight excluding hydrogens is 346 g/mol. The zero-order chi connectivity index (χ0) is 19.0. The van der Waals surface area contributed by atoms with Gasteiger partial charge in [0.05, 0.1) is 19.2 Å². The zero-order valence-corrected chi connectivity index (χ0v) is 15.0. The Hall–Kier alpha value is -2.86. The minimum absolute atomic E-state index is 0.00677. The number of amides is 1. The summed E-state index contributed by atoms with van der Waals surface area (Å²) in [6.07, 6.45) is -1.51. The summed E-state index contributed by atoms with van der Waals surface area (Å²) in [7, 11) is 0. The molecule has 1 fully saturated rings. The van der Waals surface area contributed by atoms with E-state index in [1.165, 1.54) is 16.0 Å². The molecule has 2 aromatic rings. The number of ether oxygens (including phenoxy) is 2. The van der Waals surface area contributed by atoms with E-state index >= 15 is 0 Å². The van der Waals surface area contributed by atoms with Crippen molar-refractivity contribution in [2.45, 2.75) is 25.0 Å². The number of hydrogen-bond donors (Lipinski definition) is 1. The van der Waals surface area contributed by atoms with E-state index in [9.17, 15) is 9.59 Å². The normalized spacial score (nSPS) is 21.4. The summed E-state index contributed by atoms with van der Waals surface area (Å²) >= 11 is 0. The van der Waals surface area contributed by atoms with Crippen LogP contribution in [0.5, 0.6) is 0 Å². The summed E-state index contributed by atoms with van der Waals surface area (Å²) in [4.78, 5) is 25.2. The number of benzene rings is 2. The molecule has 1 N–H and O–H groups in total. The van der Waals surface area contributed by atoms with E-state index in [-0.39, 0.29) is 31.7 Å². The number of morpholine rings is 1. The van der Waals surface area contributed by atoms with E-state index in [0.717, 1.165) is 11.1 Å². The van der Waals surface area contributed by atoms with Crippen molar-refractivity contribution >= 4 is 12.1 Å². The average Bonchev–Trinajstić information content (AvgIpc) is 3.00. The molecule has 140 valence electrons. The van der Waals surface area contributed by atoms with Gasteiger partial charge in [-0.25, -0.2) is 9.59 Å². The van der Waals surface area contributed by atoms with Crippen molar-refractivity contribution in [3.05, 3.63) is 59.7 Å². The molecule has 6 heteroatoms. The standard InChI is InChI=1S/C21H21NO5/c1-13-11-26-19(20(23)24)10-22(13)21(25)27-12-18-16-8-4-2-6-14(16)15-7-3-5-9-17(15)18/h2-9,13,18-19H,10-12H2,1H3,(H,23,24)/t13-,19-/m0/s1. The molecule has 2 aromatic carbocycles. The highest BCUT2D eigenvalue weighted by Crippen LogP contribution is 2.44. The van der Waals surface area contributed by atoms with E-state index in [1.807, 2.05) is 31.2 Å². The van der Waals surface area contributed by atoms with Crippen LogP contribution >= 0.6 is 0 Å². The molecule has 0 radical (unpaired) electrons. The van der Waals surface area contributed by atoms with Crippen molar-refractivity contribution < 1.29 is 24.2 Å². The number of fused-ring (bicyclic) bond motifs is 3. The van der Waals surface area contributed by atoms with Crippen molar-refractivity contribution in [3.8, 4) is 11.1 Å². The van der Waals surface area contributed by atoms with Gasteiger partial charge in [-0.2, -0.15) is 0 Å². The molecule has 0 unspecified atom stereocenters. The Bertz CT molecular complexity index is 835. The lowest BCUT2D eigenvalue weighted by Crippen LogP contribution is -2.53. The summed E-state index contributed by atoms with van der Waals surface area (Å²) in [5.41, 5.74) is 4.62. The lowest BCUT2D eigenvalue weighted by atomic mass is 9.98. The maximum Gasteiger partial charge on any atom is 0.410 e. The molecule has 6 nitrogen and oxygen atoms in total. The van der Waals surface area contributed by atoms with Crippen LogP contribution in [0.3, 0.4) is 0 Å². The number of rotatable bonds is 3. The molecule has 1 amide bonds. The monoisotopic (exact) mass is 367 g/mol. The summed E-state index contributed by atoms with van der Waals surface area (Å²) in [6.45, 7) is 2.21. The smallest absolute Gasteiger partial charge is 0.410 e. The Kier molecular flexibility index (Phi) is 4.58. The molecular formula is C21H21NO5. The third-order valence-electron chi connectivity index (χ3n) is 5.28. The lowest BCUT2D eigenvalue weighted by Gasteiger charge is -2.35. The molecule has 0 bridgehead atoms. The highest BCUT2D eigenvalue weighted by Gasteiger charge is 2.35. The fourth-order valence-electron chi connectivity index (χ4n) is 3.84. The Balaban J connectivity index is 1.50. The fraction of sp³-hybridized carbons (Fsp3) is 0.333. The van der Waals surface area contributed by atoms with E-state index < -0.39 is 18.2 Å². The van der Waals surface area contributed by atoms with Gasteiger partial charge in [0.1, 0.15) is 6.61 Å². The van der Waals surface area contributed by atoms with Gasteiger partial charge in [0.15, 0.2) is 6.10 Å². The first-order valence-electron chi connectivity index (χ1n) is 9.02. The van der Waals surface area contributed by atoms with Gasteiger partial charge in [-0.3, -0.25) is 4.90 Å². The zero-order valence-electron chi connectivity index (χ0n) is 15.0. The van der Waals surface area contributed by atoms with E-state index in [4.69, 9.17) is 14.6 Å². The van der Waals surface area contributed by atoms with E-state index in [2.05, 4.69) is 24.3 Å². The van der Waals surface area contributed by atoms with Crippen LogP contribution in [0.4, 0.5) is 4.79 Å². The highest BCUT2D eigenvalue weighted by atomic mass is 16.6. The second-order valence-electron chi connectivity index (χ2n) is 6.97. The van der Waals surface area contributed by atoms with Gasteiger partial charge in [0.2, 0.25) is 0 Å². The Labute approximate surface area is 157 Å². The topological polar surface area (TPSA) is 76.1 Å². The minimum Gasteiger partial charge on any atom is -0.479 e. The predicted molar refractivity (Wildman–Crippen MR) is 98.6 cm³/mol.